The monoisotopic (exact) mass is 475 g/mol. The van der Waals surface area contributed by atoms with Gasteiger partial charge in [-0.25, -0.2) is 13.1 Å². The van der Waals surface area contributed by atoms with Crippen molar-refractivity contribution < 1.29 is 13.2 Å². The highest BCUT2D eigenvalue weighted by Crippen LogP contribution is 2.21. The van der Waals surface area contributed by atoms with Crippen molar-refractivity contribution in [3.05, 3.63) is 89.1 Å². The summed E-state index contributed by atoms with van der Waals surface area (Å²) in [6, 6.07) is 22.8. The fourth-order valence-corrected chi connectivity index (χ4v) is 5.94. The third kappa shape index (κ3) is 4.22. The van der Waals surface area contributed by atoms with Gasteiger partial charge in [-0.15, -0.1) is 0 Å². The molecule has 1 aromatic heterocycles. The van der Waals surface area contributed by atoms with Gasteiger partial charge in [-0.05, 0) is 49.2 Å². The summed E-state index contributed by atoms with van der Waals surface area (Å²) in [6.45, 7) is 1.05. The number of pyridine rings is 1. The predicted molar refractivity (Wildman–Crippen MR) is 132 cm³/mol. The molecule has 1 aliphatic heterocycles. The van der Waals surface area contributed by atoms with Crippen LogP contribution in [0.15, 0.2) is 88.6 Å². The number of benzene rings is 3. The second-order valence-corrected chi connectivity index (χ2v) is 10.3. The Morgan fingerprint density at radius 2 is 1.35 bits per heavy atom. The third-order valence-electron chi connectivity index (χ3n) is 6.40. The third-order valence-corrected chi connectivity index (χ3v) is 7.93. The number of aromatic nitrogens is 1. The van der Waals surface area contributed by atoms with E-state index in [0.29, 0.717) is 36.7 Å². The average molecular weight is 476 g/mol. The van der Waals surface area contributed by atoms with Gasteiger partial charge >= 0.3 is 0 Å². The van der Waals surface area contributed by atoms with Gasteiger partial charge in [-0.3, -0.25) is 9.59 Å². The molecule has 0 bridgehead atoms. The molecule has 1 N–H and O–H groups in total. The Morgan fingerprint density at radius 1 is 0.824 bits per heavy atom. The van der Waals surface area contributed by atoms with Crippen LogP contribution in [0.5, 0.6) is 0 Å². The molecule has 1 aliphatic rings. The standard InChI is InChI=1S/C26H25N3O4S/c30-25(28-16-14-19(15-17-28)27-34(32,33)20-8-2-1-3-9-20)18-29-23-12-6-4-10-21(23)26(31)22-11-5-7-13-24(22)29/h1-13,19,27H,14-18H2. The van der Waals surface area contributed by atoms with Gasteiger partial charge in [0.15, 0.2) is 5.43 Å². The second kappa shape index (κ2) is 9.04. The molecule has 1 saturated heterocycles. The number of piperidine rings is 1. The van der Waals surface area contributed by atoms with Crippen molar-refractivity contribution in [1.29, 1.82) is 0 Å². The van der Waals surface area contributed by atoms with Crippen LogP contribution < -0.4 is 10.2 Å². The molecule has 174 valence electrons. The molecule has 0 saturated carbocycles. The average Bonchev–Trinajstić information content (AvgIpc) is 2.87. The first kappa shape index (κ1) is 22.3. The number of carbonyl (C=O) groups excluding carboxylic acids is 1. The molecular formula is C26H25N3O4S. The lowest BCUT2D eigenvalue weighted by molar-refractivity contribution is -0.132. The van der Waals surface area contributed by atoms with Crippen LogP contribution in [0.4, 0.5) is 0 Å². The van der Waals surface area contributed by atoms with Crippen LogP contribution in [0.2, 0.25) is 0 Å². The number of amides is 1. The van der Waals surface area contributed by atoms with E-state index in [-0.39, 0.29) is 28.8 Å². The largest absolute Gasteiger partial charge is 0.341 e. The highest BCUT2D eigenvalue weighted by molar-refractivity contribution is 7.89. The highest BCUT2D eigenvalue weighted by atomic mass is 32.2. The van der Waals surface area contributed by atoms with Crippen LogP contribution in [-0.4, -0.2) is 42.9 Å². The first-order chi connectivity index (χ1) is 16.4. The van der Waals surface area contributed by atoms with E-state index in [1.54, 1.807) is 47.4 Å². The summed E-state index contributed by atoms with van der Waals surface area (Å²) in [5.41, 5.74) is 1.41. The van der Waals surface area contributed by atoms with Gasteiger partial charge in [0, 0.05) is 29.9 Å². The molecule has 3 aromatic carbocycles. The van der Waals surface area contributed by atoms with Gasteiger partial charge in [0.1, 0.15) is 6.54 Å². The Balaban J connectivity index is 1.33. The van der Waals surface area contributed by atoms with Gasteiger partial charge in [-0.1, -0.05) is 42.5 Å². The quantitative estimate of drug-likeness (QED) is 0.449. The first-order valence-corrected chi connectivity index (χ1v) is 12.8. The Labute approximate surface area is 197 Å². The van der Waals surface area contributed by atoms with Crippen molar-refractivity contribution >= 4 is 37.7 Å². The Bertz CT molecular complexity index is 1460. The van der Waals surface area contributed by atoms with Crippen LogP contribution in [0, 0.1) is 0 Å². The maximum atomic E-state index is 13.2. The normalized spacial score (nSPS) is 15.1. The summed E-state index contributed by atoms with van der Waals surface area (Å²) in [5.74, 6) is -0.0525. The van der Waals surface area contributed by atoms with Gasteiger partial charge in [0.05, 0.1) is 15.9 Å². The lowest BCUT2D eigenvalue weighted by atomic mass is 10.1. The number of nitrogens with zero attached hydrogens (tertiary/aromatic N) is 2. The fraction of sp³-hybridized carbons (Fsp3) is 0.231. The molecule has 1 amide bonds. The second-order valence-electron chi connectivity index (χ2n) is 8.54. The molecule has 4 aromatic rings. The lowest BCUT2D eigenvalue weighted by Gasteiger charge is -2.32. The molecule has 0 atom stereocenters. The molecular weight excluding hydrogens is 450 g/mol. The zero-order valence-corrected chi connectivity index (χ0v) is 19.4. The number of fused-ring (bicyclic) bond motifs is 2. The fourth-order valence-electron chi connectivity index (χ4n) is 4.62. The molecule has 0 unspecified atom stereocenters. The van der Waals surface area contributed by atoms with E-state index in [0.717, 1.165) is 11.0 Å². The molecule has 1 fully saturated rings. The smallest absolute Gasteiger partial charge is 0.242 e. The van der Waals surface area contributed by atoms with E-state index in [1.165, 1.54) is 0 Å². The van der Waals surface area contributed by atoms with Crippen LogP contribution in [0.25, 0.3) is 21.8 Å². The lowest BCUT2D eigenvalue weighted by Crippen LogP contribution is -2.47. The maximum Gasteiger partial charge on any atom is 0.242 e. The Hall–Kier alpha value is -3.49. The van der Waals surface area contributed by atoms with Crippen LogP contribution >= 0.6 is 0 Å². The number of para-hydroxylation sites is 2. The molecule has 0 radical (unpaired) electrons. The Morgan fingerprint density at radius 3 is 1.94 bits per heavy atom. The summed E-state index contributed by atoms with van der Waals surface area (Å²) in [7, 11) is -3.59. The predicted octanol–water partition coefficient (Wildman–Crippen LogP) is 3.12. The van der Waals surface area contributed by atoms with Crippen molar-refractivity contribution in [2.24, 2.45) is 0 Å². The summed E-state index contributed by atoms with van der Waals surface area (Å²) >= 11 is 0. The van der Waals surface area contributed by atoms with E-state index in [2.05, 4.69) is 4.72 Å². The number of carbonyl (C=O) groups is 1. The SMILES string of the molecule is O=C(Cn1c2ccccc2c(=O)c2ccccc21)N1CCC(NS(=O)(=O)c2ccccc2)CC1. The van der Waals surface area contributed by atoms with Crippen molar-refractivity contribution in [2.75, 3.05) is 13.1 Å². The zero-order valence-electron chi connectivity index (χ0n) is 18.6. The summed E-state index contributed by atoms with van der Waals surface area (Å²) in [6.07, 6.45) is 1.09. The first-order valence-electron chi connectivity index (χ1n) is 11.3. The molecule has 7 nitrogen and oxygen atoms in total. The van der Waals surface area contributed by atoms with Crippen LogP contribution in [-0.2, 0) is 21.4 Å². The Kier molecular flexibility index (Phi) is 5.93. The highest BCUT2D eigenvalue weighted by Gasteiger charge is 2.27. The van der Waals surface area contributed by atoms with Gasteiger partial charge < -0.3 is 9.47 Å². The molecule has 0 spiro atoms. The van der Waals surface area contributed by atoms with E-state index >= 15 is 0 Å². The van der Waals surface area contributed by atoms with Crippen LogP contribution in [0.1, 0.15) is 12.8 Å². The van der Waals surface area contributed by atoms with E-state index in [9.17, 15) is 18.0 Å². The van der Waals surface area contributed by atoms with Gasteiger partial charge in [-0.2, -0.15) is 0 Å². The number of rotatable bonds is 5. The zero-order chi connectivity index (χ0) is 23.7. The molecule has 8 heteroatoms. The number of hydrogen-bond acceptors (Lipinski definition) is 4. The van der Waals surface area contributed by atoms with Gasteiger partial charge in [0.2, 0.25) is 15.9 Å². The molecule has 5 rings (SSSR count). The minimum absolute atomic E-state index is 0.0404. The van der Waals surface area contributed by atoms with Crippen molar-refractivity contribution in [2.45, 2.75) is 30.3 Å². The summed E-state index contributed by atoms with van der Waals surface area (Å²) in [4.78, 5) is 28.2. The van der Waals surface area contributed by atoms with E-state index < -0.39 is 10.0 Å². The summed E-state index contributed by atoms with van der Waals surface area (Å²) < 4.78 is 29.9. The number of sulfonamides is 1. The van der Waals surface area contributed by atoms with E-state index in [4.69, 9.17) is 0 Å². The minimum Gasteiger partial charge on any atom is -0.341 e. The minimum atomic E-state index is -3.59. The van der Waals surface area contributed by atoms with Gasteiger partial charge in [0.25, 0.3) is 0 Å². The topological polar surface area (TPSA) is 88.5 Å². The molecule has 34 heavy (non-hydrogen) atoms. The van der Waals surface area contributed by atoms with Crippen molar-refractivity contribution in [3.63, 3.8) is 0 Å². The number of hydrogen-bond donors (Lipinski definition) is 1. The van der Waals surface area contributed by atoms with Crippen molar-refractivity contribution in [3.8, 4) is 0 Å². The molecule has 2 heterocycles. The maximum absolute atomic E-state index is 13.2. The van der Waals surface area contributed by atoms with Crippen molar-refractivity contribution in [1.82, 2.24) is 14.2 Å². The molecule has 0 aliphatic carbocycles. The van der Waals surface area contributed by atoms with E-state index in [1.807, 2.05) is 41.0 Å². The number of likely N-dealkylation sites (tertiary alicyclic amines) is 1. The van der Waals surface area contributed by atoms with Crippen LogP contribution in [0.3, 0.4) is 0 Å². The summed E-state index contributed by atoms with van der Waals surface area (Å²) in [5, 5.41) is 1.17. The number of nitrogens with one attached hydrogen (secondary N) is 1.